The fourth-order valence-electron chi connectivity index (χ4n) is 1.20. The van der Waals surface area contributed by atoms with Gasteiger partial charge in [-0.1, -0.05) is 12.1 Å². The number of rotatable bonds is 4. The van der Waals surface area contributed by atoms with Crippen molar-refractivity contribution in [1.29, 1.82) is 0 Å². The van der Waals surface area contributed by atoms with Gasteiger partial charge in [-0.2, -0.15) is 5.10 Å². The first-order valence-electron chi connectivity index (χ1n) is 5.03. The molecule has 0 atom stereocenters. The minimum atomic E-state index is 0.709. The molecule has 2 heterocycles. The second kappa shape index (κ2) is 5.60. The summed E-state index contributed by atoms with van der Waals surface area (Å²) in [4.78, 5) is 8.27. The number of anilines is 1. The first kappa shape index (κ1) is 10.3. The topological polar surface area (TPSA) is 50.2 Å². The van der Waals surface area contributed by atoms with Gasteiger partial charge >= 0.3 is 0 Å². The Morgan fingerprint density at radius 1 is 1.06 bits per heavy atom. The van der Waals surface area contributed by atoms with Crippen LogP contribution in [0.1, 0.15) is 5.69 Å². The van der Waals surface area contributed by atoms with E-state index in [9.17, 15) is 0 Å². The van der Waals surface area contributed by atoms with Gasteiger partial charge in [0.2, 0.25) is 0 Å². The van der Waals surface area contributed by atoms with Gasteiger partial charge in [0.1, 0.15) is 5.82 Å². The van der Waals surface area contributed by atoms with Crippen LogP contribution in [0.5, 0.6) is 0 Å². The van der Waals surface area contributed by atoms with Gasteiger partial charge in [0.15, 0.2) is 0 Å². The average Bonchev–Trinajstić information content (AvgIpc) is 2.37. The summed E-state index contributed by atoms with van der Waals surface area (Å²) >= 11 is 0. The predicted molar refractivity (Wildman–Crippen MR) is 64.3 cm³/mol. The lowest BCUT2D eigenvalue weighted by Gasteiger charge is -1.97. The molecular formula is C12H12N4. The van der Waals surface area contributed by atoms with E-state index in [1.54, 1.807) is 18.6 Å². The minimum Gasteiger partial charge on any atom is -0.262 e. The zero-order valence-corrected chi connectivity index (χ0v) is 8.74. The number of hydrogen-bond acceptors (Lipinski definition) is 4. The molecule has 0 bridgehead atoms. The highest BCUT2D eigenvalue weighted by Crippen LogP contribution is 1.99. The van der Waals surface area contributed by atoms with Gasteiger partial charge in [-0.3, -0.25) is 10.4 Å². The molecule has 0 aliphatic heterocycles. The molecule has 80 valence electrons. The van der Waals surface area contributed by atoms with Crippen LogP contribution in [0.4, 0.5) is 5.82 Å². The molecule has 4 nitrogen and oxygen atoms in total. The van der Waals surface area contributed by atoms with Crippen molar-refractivity contribution in [2.24, 2.45) is 5.10 Å². The average molecular weight is 212 g/mol. The summed E-state index contributed by atoms with van der Waals surface area (Å²) in [7, 11) is 0. The highest BCUT2D eigenvalue weighted by atomic mass is 15.3. The smallest absolute Gasteiger partial charge is 0.146 e. The Labute approximate surface area is 94.1 Å². The standard InChI is InChI=1S/C12H12N4/c1-3-8-13-11(5-1)7-10-15-16-12-6-2-4-9-14-12/h1-6,8-10H,7H2,(H,14,16). The molecule has 0 aliphatic carbocycles. The summed E-state index contributed by atoms with van der Waals surface area (Å²) in [6.07, 6.45) is 5.98. The van der Waals surface area contributed by atoms with Gasteiger partial charge in [0, 0.05) is 30.7 Å². The van der Waals surface area contributed by atoms with E-state index in [1.165, 1.54) is 0 Å². The third kappa shape index (κ3) is 3.16. The van der Waals surface area contributed by atoms with E-state index in [0.717, 1.165) is 11.5 Å². The summed E-state index contributed by atoms with van der Waals surface area (Å²) in [6.45, 7) is 0. The van der Waals surface area contributed by atoms with Crippen molar-refractivity contribution < 1.29 is 0 Å². The lowest BCUT2D eigenvalue weighted by atomic mass is 10.3. The van der Waals surface area contributed by atoms with Crippen LogP contribution >= 0.6 is 0 Å². The first-order valence-corrected chi connectivity index (χ1v) is 5.03. The van der Waals surface area contributed by atoms with Crippen LogP contribution in [-0.4, -0.2) is 16.2 Å². The maximum absolute atomic E-state index is 4.19. The molecule has 0 saturated heterocycles. The molecule has 2 aromatic rings. The van der Waals surface area contributed by atoms with Gasteiger partial charge < -0.3 is 0 Å². The molecule has 1 N–H and O–H groups in total. The second-order valence-corrected chi connectivity index (χ2v) is 3.16. The summed E-state index contributed by atoms with van der Waals surface area (Å²) in [6, 6.07) is 11.5. The molecule has 0 radical (unpaired) electrons. The maximum atomic E-state index is 4.19. The van der Waals surface area contributed by atoms with Crippen molar-refractivity contribution in [3.8, 4) is 0 Å². The summed E-state index contributed by atoms with van der Waals surface area (Å²) in [5, 5.41) is 4.06. The SMILES string of the molecule is C(Cc1ccccn1)=NNc1ccccn1. The number of pyridine rings is 2. The Kier molecular flexibility index (Phi) is 3.60. The Hall–Kier alpha value is -2.23. The van der Waals surface area contributed by atoms with E-state index >= 15 is 0 Å². The van der Waals surface area contributed by atoms with Crippen molar-refractivity contribution >= 4 is 12.0 Å². The van der Waals surface area contributed by atoms with E-state index in [4.69, 9.17) is 0 Å². The molecule has 0 amide bonds. The summed E-state index contributed by atoms with van der Waals surface area (Å²) in [5.41, 5.74) is 3.84. The van der Waals surface area contributed by atoms with Crippen LogP contribution in [0.15, 0.2) is 53.9 Å². The molecule has 4 heteroatoms. The Balaban J connectivity index is 1.83. The number of hydrogen-bond donors (Lipinski definition) is 1. The van der Waals surface area contributed by atoms with Crippen LogP contribution in [-0.2, 0) is 6.42 Å². The molecular weight excluding hydrogens is 200 g/mol. The number of aromatic nitrogens is 2. The molecule has 16 heavy (non-hydrogen) atoms. The van der Waals surface area contributed by atoms with Gasteiger partial charge in [0.25, 0.3) is 0 Å². The van der Waals surface area contributed by atoms with E-state index < -0.39 is 0 Å². The lowest BCUT2D eigenvalue weighted by Crippen LogP contribution is -1.94. The predicted octanol–water partition coefficient (Wildman–Crippen LogP) is 2.12. The van der Waals surface area contributed by atoms with Crippen LogP contribution < -0.4 is 5.43 Å². The van der Waals surface area contributed by atoms with E-state index in [2.05, 4.69) is 20.5 Å². The molecule has 0 fully saturated rings. The highest BCUT2D eigenvalue weighted by Gasteiger charge is 1.89. The normalized spacial score (nSPS) is 10.5. The van der Waals surface area contributed by atoms with Crippen molar-refractivity contribution in [2.75, 3.05) is 5.43 Å². The van der Waals surface area contributed by atoms with Crippen molar-refractivity contribution in [3.63, 3.8) is 0 Å². The van der Waals surface area contributed by atoms with Gasteiger partial charge in [0.05, 0.1) is 0 Å². The second-order valence-electron chi connectivity index (χ2n) is 3.16. The molecule has 2 aromatic heterocycles. The molecule has 0 aliphatic rings. The van der Waals surface area contributed by atoms with Crippen molar-refractivity contribution in [2.45, 2.75) is 6.42 Å². The van der Waals surface area contributed by atoms with Crippen LogP contribution in [0, 0.1) is 0 Å². The van der Waals surface area contributed by atoms with Gasteiger partial charge in [-0.25, -0.2) is 4.98 Å². The molecule has 0 spiro atoms. The molecule has 0 unspecified atom stereocenters. The monoisotopic (exact) mass is 212 g/mol. The zero-order valence-electron chi connectivity index (χ0n) is 8.74. The number of nitrogens with one attached hydrogen (secondary N) is 1. The quantitative estimate of drug-likeness (QED) is 0.623. The molecule has 2 rings (SSSR count). The zero-order chi connectivity index (χ0) is 11.1. The van der Waals surface area contributed by atoms with Crippen molar-refractivity contribution in [3.05, 3.63) is 54.5 Å². The van der Waals surface area contributed by atoms with E-state index in [1.807, 2.05) is 36.4 Å². The van der Waals surface area contributed by atoms with E-state index in [-0.39, 0.29) is 0 Å². The Morgan fingerprint density at radius 3 is 2.56 bits per heavy atom. The Bertz CT molecular complexity index is 396. The van der Waals surface area contributed by atoms with Crippen LogP contribution in [0.25, 0.3) is 0 Å². The molecule has 0 aromatic carbocycles. The van der Waals surface area contributed by atoms with Crippen LogP contribution in [0.2, 0.25) is 0 Å². The lowest BCUT2D eigenvalue weighted by molar-refractivity contribution is 1.14. The third-order valence-corrected chi connectivity index (χ3v) is 1.96. The first-order chi connectivity index (χ1) is 7.95. The third-order valence-electron chi connectivity index (χ3n) is 1.96. The fourth-order valence-corrected chi connectivity index (χ4v) is 1.20. The van der Waals surface area contributed by atoms with Gasteiger partial charge in [-0.05, 0) is 24.3 Å². The highest BCUT2D eigenvalue weighted by molar-refractivity contribution is 5.61. The number of nitrogens with zero attached hydrogens (tertiary/aromatic N) is 3. The Morgan fingerprint density at radius 2 is 1.88 bits per heavy atom. The molecule has 0 saturated carbocycles. The van der Waals surface area contributed by atoms with Crippen molar-refractivity contribution in [1.82, 2.24) is 9.97 Å². The largest absolute Gasteiger partial charge is 0.262 e. The van der Waals surface area contributed by atoms with E-state index in [0.29, 0.717) is 6.42 Å². The fraction of sp³-hybridized carbons (Fsp3) is 0.0833. The van der Waals surface area contributed by atoms with Crippen LogP contribution in [0.3, 0.4) is 0 Å². The maximum Gasteiger partial charge on any atom is 0.146 e. The number of hydrazone groups is 1. The summed E-state index contributed by atoms with van der Waals surface area (Å²) in [5.74, 6) is 0.736. The van der Waals surface area contributed by atoms with Gasteiger partial charge in [-0.15, -0.1) is 0 Å². The minimum absolute atomic E-state index is 0.709. The summed E-state index contributed by atoms with van der Waals surface area (Å²) < 4.78 is 0.